The molecule has 0 aliphatic rings. The zero-order valence-corrected chi connectivity index (χ0v) is 15.7. The van der Waals surface area contributed by atoms with Gasteiger partial charge in [0.15, 0.2) is 5.11 Å². The van der Waals surface area contributed by atoms with Crippen LogP contribution in [0.3, 0.4) is 0 Å². The first-order valence-electron chi connectivity index (χ1n) is 6.80. The number of phenolic OH excluding ortho intramolecular Hbond substituents is 1. The minimum Gasteiger partial charge on any atom is -0.508 e. The number of hydrogen-bond acceptors (Lipinski definition) is 3. The molecule has 0 aromatic heterocycles. The Hall–Kier alpha value is -0.950. The van der Waals surface area contributed by atoms with Gasteiger partial charge < -0.3 is 21.1 Å². The Morgan fingerprint density at radius 2 is 1.78 bits per heavy atom. The van der Waals surface area contributed by atoms with Gasteiger partial charge in [0.1, 0.15) is 11.9 Å². The third-order valence-corrected chi connectivity index (χ3v) is 3.50. The number of carbonyl (C=O) groups excluding carboxylic acids is 1. The van der Waals surface area contributed by atoms with Gasteiger partial charge in [-0.25, -0.2) is 0 Å². The summed E-state index contributed by atoms with van der Waals surface area (Å²) in [6.07, 6.45) is -0.687. The van der Waals surface area contributed by atoms with Crippen LogP contribution < -0.4 is 16.0 Å². The van der Waals surface area contributed by atoms with Crippen LogP contribution >= 0.6 is 47.0 Å². The molecule has 0 unspecified atom stereocenters. The molecule has 23 heavy (non-hydrogen) atoms. The predicted octanol–water partition coefficient (Wildman–Crippen LogP) is 3.54. The number of carbonyl (C=O) groups is 1. The van der Waals surface area contributed by atoms with E-state index in [1.54, 1.807) is 12.1 Å². The van der Waals surface area contributed by atoms with E-state index in [2.05, 4.69) is 16.0 Å². The van der Waals surface area contributed by atoms with Crippen LogP contribution in [0.25, 0.3) is 0 Å². The molecular formula is C14H18Cl3N3O2S. The molecule has 1 rings (SSSR count). The molecule has 0 saturated carbocycles. The zero-order chi connectivity index (χ0) is 17.6. The number of rotatable bonds is 5. The summed E-state index contributed by atoms with van der Waals surface area (Å²) in [6, 6.07) is 6.26. The average Bonchev–Trinajstić information content (AvgIpc) is 2.38. The first kappa shape index (κ1) is 20.1. The van der Waals surface area contributed by atoms with Gasteiger partial charge in [0.05, 0.1) is 0 Å². The van der Waals surface area contributed by atoms with E-state index in [4.69, 9.17) is 47.0 Å². The molecule has 1 atom stereocenters. The van der Waals surface area contributed by atoms with Crippen molar-refractivity contribution in [1.29, 1.82) is 0 Å². The van der Waals surface area contributed by atoms with Crippen molar-refractivity contribution in [2.75, 3.05) is 5.32 Å². The third-order valence-electron chi connectivity index (χ3n) is 2.63. The SMILES string of the molecule is CC(C)CC(=O)N[C@@H](NC(=S)Nc1ccc(O)cc1)C(Cl)(Cl)Cl. The normalized spacial score (nSPS) is 12.6. The fourth-order valence-electron chi connectivity index (χ4n) is 1.63. The quantitative estimate of drug-likeness (QED) is 0.264. The predicted molar refractivity (Wildman–Crippen MR) is 99.1 cm³/mol. The van der Waals surface area contributed by atoms with Gasteiger partial charge in [0.25, 0.3) is 0 Å². The second-order valence-electron chi connectivity index (χ2n) is 5.29. The summed E-state index contributed by atoms with van der Waals surface area (Å²) in [5, 5.41) is 17.6. The van der Waals surface area contributed by atoms with Gasteiger partial charge in [-0.05, 0) is 42.4 Å². The molecule has 1 amide bonds. The maximum atomic E-state index is 11.9. The van der Waals surface area contributed by atoms with Gasteiger partial charge in [-0.15, -0.1) is 0 Å². The highest BCUT2D eigenvalue weighted by Gasteiger charge is 2.34. The molecule has 0 bridgehead atoms. The molecule has 0 aliphatic carbocycles. The van der Waals surface area contributed by atoms with Crippen molar-refractivity contribution >= 4 is 63.7 Å². The number of phenols is 1. The molecule has 1 aromatic carbocycles. The highest BCUT2D eigenvalue weighted by Crippen LogP contribution is 2.29. The molecule has 0 heterocycles. The number of halogens is 3. The summed E-state index contributed by atoms with van der Waals surface area (Å²) in [5.41, 5.74) is 0.636. The lowest BCUT2D eigenvalue weighted by Crippen LogP contribution is -2.56. The first-order valence-corrected chi connectivity index (χ1v) is 8.34. The number of hydrogen-bond donors (Lipinski definition) is 4. The van der Waals surface area contributed by atoms with E-state index >= 15 is 0 Å². The smallest absolute Gasteiger partial charge is 0.228 e. The van der Waals surface area contributed by atoms with Crippen LogP contribution in [0.4, 0.5) is 5.69 Å². The van der Waals surface area contributed by atoms with Gasteiger partial charge in [-0.3, -0.25) is 4.79 Å². The van der Waals surface area contributed by atoms with E-state index in [0.717, 1.165) is 0 Å². The number of amides is 1. The summed E-state index contributed by atoms with van der Waals surface area (Å²) in [6.45, 7) is 3.82. The number of benzene rings is 1. The van der Waals surface area contributed by atoms with E-state index in [9.17, 15) is 9.90 Å². The van der Waals surface area contributed by atoms with Crippen molar-refractivity contribution in [1.82, 2.24) is 10.6 Å². The third kappa shape index (κ3) is 7.92. The lowest BCUT2D eigenvalue weighted by molar-refractivity contribution is -0.122. The topological polar surface area (TPSA) is 73.4 Å². The number of thiocarbonyl (C=S) groups is 1. The molecular weight excluding hydrogens is 381 g/mol. The van der Waals surface area contributed by atoms with Crippen LogP contribution in [0.1, 0.15) is 20.3 Å². The first-order chi connectivity index (χ1) is 10.6. The van der Waals surface area contributed by atoms with Crippen molar-refractivity contribution in [2.45, 2.75) is 30.2 Å². The molecule has 0 saturated heterocycles. The zero-order valence-electron chi connectivity index (χ0n) is 12.6. The van der Waals surface area contributed by atoms with E-state index < -0.39 is 9.96 Å². The van der Waals surface area contributed by atoms with Crippen LogP contribution in [0.15, 0.2) is 24.3 Å². The second-order valence-corrected chi connectivity index (χ2v) is 8.06. The van der Waals surface area contributed by atoms with Gasteiger partial charge in [-0.2, -0.15) is 0 Å². The summed E-state index contributed by atoms with van der Waals surface area (Å²) in [5.74, 6) is 0.0545. The number of alkyl halides is 3. The van der Waals surface area contributed by atoms with Crippen LogP contribution in [-0.2, 0) is 4.79 Å². The Morgan fingerprint density at radius 3 is 2.26 bits per heavy atom. The molecule has 9 heteroatoms. The van der Waals surface area contributed by atoms with E-state index in [-0.39, 0.29) is 22.7 Å². The van der Waals surface area contributed by atoms with E-state index in [1.807, 2.05) is 13.8 Å². The van der Waals surface area contributed by atoms with Gasteiger partial charge in [-0.1, -0.05) is 48.7 Å². The number of nitrogens with one attached hydrogen (secondary N) is 3. The van der Waals surface area contributed by atoms with Crippen molar-refractivity contribution in [3.8, 4) is 5.75 Å². The van der Waals surface area contributed by atoms with Crippen molar-refractivity contribution in [3.63, 3.8) is 0 Å². The molecule has 128 valence electrons. The summed E-state index contributed by atoms with van der Waals surface area (Å²) in [4.78, 5) is 11.9. The van der Waals surface area contributed by atoms with Gasteiger partial charge in [0, 0.05) is 12.1 Å². The summed E-state index contributed by atoms with van der Waals surface area (Å²) >= 11 is 22.8. The fraction of sp³-hybridized carbons (Fsp3) is 0.429. The molecule has 0 fully saturated rings. The standard InChI is InChI=1S/C14H18Cl3N3O2S/c1-8(2)7-11(22)19-12(14(15,16)17)20-13(23)18-9-3-5-10(21)6-4-9/h3-6,8,12,21H,7H2,1-2H3,(H,19,22)(H2,18,20,23)/t12-/m0/s1. The molecule has 4 N–H and O–H groups in total. The van der Waals surface area contributed by atoms with Crippen molar-refractivity contribution < 1.29 is 9.90 Å². The Kier molecular flexibility index (Phi) is 7.67. The van der Waals surface area contributed by atoms with Crippen LogP contribution in [-0.4, -0.2) is 26.1 Å². The lowest BCUT2D eigenvalue weighted by atomic mass is 10.1. The van der Waals surface area contributed by atoms with Crippen LogP contribution in [0.5, 0.6) is 5.75 Å². The molecule has 1 aromatic rings. The van der Waals surface area contributed by atoms with Crippen LogP contribution in [0.2, 0.25) is 0 Å². The van der Waals surface area contributed by atoms with Crippen LogP contribution in [0, 0.1) is 5.92 Å². The summed E-state index contributed by atoms with van der Waals surface area (Å²) in [7, 11) is 0. The van der Waals surface area contributed by atoms with E-state index in [1.165, 1.54) is 12.1 Å². The molecule has 5 nitrogen and oxygen atoms in total. The molecule has 0 spiro atoms. The monoisotopic (exact) mass is 397 g/mol. The van der Waals surface area contributed by atoms with Gasteiger partial charge in [0.2, 0.25) is 9.70 Å². The van der Waals surface area contributed by atoms with Crippen molar-refractivity contribution in [3.05, 3.63) is 24.3 Å². The highest BCUT2D eigenvalue weighted by molar-refractivity contribution is 7.80. The maximum absolute atomic E-state index is 11.9. The van der Waals surface area contributed by atoms with E-state index in [0.29, 0.717) is 12.1 Å². The average molecular weight is 399 g/mol. The Morgan fingerprint density at radius 1 is 1.22 bits per heavy atom. The number of aromatic hydroxyl groups is 1. The Labute approximate surface area is 155 Å². The minimum absolute atomic E-state index is 0.134. The Balaban J connectivity index is 2.67. The highest BCUT2D eigenvalue weighted by atomic mass is 35.6. The second kappa shape index (κ2) is 8.78. The Bertz CT molecular complexity index is 547. The molecule has 0 radical (unpaired) electrons. The van der Waals surface area contributed by atoms with Gasteiger partial charge >= 0.3 is 0 Å². The number of anilines is 1. The fourth-order valence-corrected chi connectivity index (χ4v) is 2.20. The minimum atomic E-state index is -1.78. The largest absolute Gasteiger partial charge is 0.508 e. The summed E-state index contributed by atoms with van der Waals surface area (Å²) < 4.78 is -1.78. The maximum Gasteiger partial charge on any atom is 0.228 e. The lowest BCUT2D eigenvalue weighted by Gasteiger charge is -2.28. The molecule has 0 aliphatic heterocycles. The van der Waals surface area contributed by atoms with Crippen molar-refractivity contribution in [2.24, 2.45) is 5.92 Å².